The molecule has 2 heterocycles. The summed E-state index contributed by atoms with van der Waals surface area (Å²) in [4.78, 5) is 0.196. The van der Waals surface area contributed by atoms with Gasteiger partial charge < -0.3 is 24.8 Å². The van der Waals surface area contributed by atoms with E-state index in [2.05, 4.69) is 0 Å². The van der Waals surface area contributed by atoms with Crippen LogP contribution in [-0.4, -0.2) is 65.5 Å². The van der Waals surface area contributed by atoms with Gasteiger partial charge in [-0.05, 0) is 30.2 Å². The lowest BCUT2D eigenvalue weighted by Crippen LogP contribution is -2.50. The van der Waals surface area contributed by atoms with E-state index in [0.29, 0.717) is 11.9 Å². The third-order valence-electron chi connectivity index (χ3n) is 5.42. The fraction of sp³-hybridized carbons (Fsp3) is 0.364. The predicted octanol–water partition coefficient (Wildman–Crippen LogP) is 1.27. The zero-order valence-corrected chi connectivity index (χ0v) is 17.6. The Balaban J connectivity index is 1.56. The molecule has 2 aromatic carbocycles. The van der Waals surface area contributed by atoms with Crippen LogP contribution in [0, 0.1) is 0 Å². The van der Waals surface area contributed by atoms with Gasteiger partial charge in [-0.1, -0.05) is 36.4 Å². The molecule has 1 fully saturated rings. The zero-order chi connectivity index (χ0) is 22.0. The molecule has 0 unspecified atom stereocenters. The van der Waals surface area contributed by atoms with Crippen molar-refractivity contribution < 1.29 is 33.2 Å². The fourth-order valence-electron chi connectivity index (χ4n) is 3.78. The fourth-order valence-corrected chi connectivity index (χ4v) is 5.19. The van der Waals surface area contributed by atoms with Crippen LogP contribution >= 0.6 is 0 Å². The summed E-state index contributed by atoms with van der Waals surface area (Å²) >= 11 is 0. The Morgan fingerprint density at radius 2 is 1.77 bits per heavy atom. The Bertz CT molecular complexity index is 1130. The number of aliphatic hydroxyl groups excluding tert-OH is 3. The van der Waals surface area contributed by atoms with Gasteiger partial charge in [0.15, 0.2) is 6.29 Å². The molecule has 166 valence electrons. The number of nitrogens with zero attached hydrogens (tertiary/aromatic N) is 1. The lowest BCUT2D eigenvalue weighted by Gasteiger charge is -2.36. The Morgan fingerprint density at radius 1 is 1.06 bits per heavy atom. The molecule has 4 atom stereocenters. The first kappa shape index (κ1) is 21.9. The minimum Gasteiger partial charge on any atom is -0.394 e. The molecule has 1 aliphatic rings. The minimum atomic E-state index is -3.77. The number of rotatable bonds is 7. The van der Waals surface area contributed by atoms with E-state index >= 15 is 0 Å². The van der Waals surface area contributed by atoms with Crippen molar-refractivity contribution in [1.82, 2.24) is 3.97 Å². The van der Waals surface area contributed by atoms with Crippen molar-refractivity contribution in [2.45, 2.75) is 42.3 Å². The Hall–Kier alpha value is -2.27. The van der Waals surface area contributed by atoms with E-state index in [1.807, 2.05) is 12.1 Å². The summed E-state index contributed by atoms with van der Waals surface area (Å²) in [5, 5.41) is 30.1. The molecule has 0 spiro atoms. The summed E-state index contributed by atoms with van der Waals surface area (Å²) in [7, 11) is -3.77. The van der Waals surface area contributed by atoms with Gasteiger partial charge in [-0.15, -0.1) is 0 Å². The van der Waals surface area contributed by atoms with Crippen LogP contribution in [0.1, 0.15) is 12.0 Å². The van der Waals surface area contributed by atoms with Gasteiger partial charge in [0.2, 0.25) is 0 Å². The monoisotopic (exact) mass is 447 g/mol. The van der Waals surface area contributed by atoms with Crippen molar-refractivity contribution in [2.24, 2.45) is 0 Å². The molecule has 1 saturated heterocycles. The van der Waals surface area contributed by atoms with Crippen LogP contribution in [0.15, 0.2) is 65.7 Å². The molecule has 0 amide bonds. The maximum absolute atomic E-state index is 13.2. The average molecular weight is 448 g/mol. The summed E-state index contributed by atoms with van der Waals surface area (Å²) in [5.74, 6) is 0. The largest absolute Gasteiger partial charge is 0.394 e. The van der Waals surface area contributed by atoms with Crippen molar-refractivity contribution in [2.75, 3.05) is 13.2 Å². The van der Waals surface area contributed by atoms with Gasteiger partial charge in [-0.3, -0.25) is 0 Å². The lowest BCUT2D eigenvalue weighted by molar-refractivity contribution is -0.270. The van der Waals surface area contributed by atoms with Crippen LogP contribution in [0.3, 0.4) is 0 Å². The van der Waals surface area contributed by atoms with Crippen molar-refractivity contribution in [3.05, 3.63) is 66.4 Å². The van der Waals surface area contributed by atoms with Crippen molar-refractivity contribution >= 4 is 20.9 Å². The number of aliphatic hydroxyl groups is 3. The lowest BCUT2D eigenvalue weighted by atomic mass is 10.0. The topological polar surface area (TPSA) is 118 Å². The molecule has 8 nitrogen and oxygen atoms in total. The second-order valence-electron chi connectivity index (χ2n) is 7.51. The third kappa shape index (κ3) is 4.38. The highest BCUT2D eigenvalue weighted by Crippen LogP contribution is 2.27. The molecular formula is C22H25NO7S. The number of para-hydroxylation sites is 1. The second kappa shape index (κ2) is 9.07. The number of benzene rings is 2. The molecule has 3 N–H and O–H groups in total. The molecule has 0 aliphatic carbocycles. The smallest absolute Gasteiger partial charge is 0.268 e. The van der Waals surface area contributed by atoms with Gasteiger partial charge in [-0.2, -0.15) is 0 Å². The number of hydrogen-bond donors (Lipinski definition) is 3. The van der Waals surface area contributed by atoms with E-state index in [4.69, 9.17) is 9.47 Å². The Labute approximate surface area is 180 Å². The van der Waals surface area contributed by atoms with Crippen LogP contribution in [0.2, 0.25) is 0 Å². The highest BCUT2D eigenvalue weighted by molar-refractivity contribution is 7.90. The van der Waals surface area contributed by atoms with E-state index in [1.54, 1.807) is 48.7 Å². The second-order valence-corrected chi connectivity index (χ2v) is 9.32. The summed E-state index contributed by atoms with van der Waals surface area (Å²) in [6.45, 7) is -0.152. The SMILES string of the molecule is O=S(=O)(c1ccccc1)n1cc(CCO[C@H]2O[C@H](CO)C[C@H](O)[C@H]2O)c2ccccc21. The summed E-state index contributed by atoms with van der Waals surface area (Å²) < 4.78 is 38.7. The molecule has 3 aromatic rings. The van der Waals surface area contributed by atoms with Crippen LogP contribution in [0.4, 0.5) is 0 Å². The normalized spacial score (nSPS) is 24.5. The number of hydrogen-bond acceptors (Lipinski definition) is 7. The summed E-state index contributed by atoms with van der Waals surface area (Å²) in [5.41, 5.74) is 1.32. The first-order valence-electron chi connectivity index (χ1n) is 10.1. The van der Waals surface area contributed by atoms with Gasteiger partial charge in [0.1, 0.15) is 6.10 Å². The molecule has 0 radical (unpaired) electrons. The quantitative estimate of drug-likeness (QED) is 0.499. The molecule has 0 bridgehead atoms. The van der Waals surface area contributed by atoms with Gasteiger partial charge in [0.25, 0.3) is 10.0 Å². The van der Waals surface area contributed by atoms with Crippen LogP contribution in [0.25, 0.3) is 10.9 Å². The van der Waals surface area contributed by atoms with Crippen molar-refractivity contribution in [1.29, 1.82) is 0 Å². The first-order valence-corrected chi connectivity index (χ1v) is 11.5. The molecule has 4 rings (SSSR count). The van der Waals surface area contributed by atoms with E-state index in [9.17, 15) is 23.7 Å². The van der Waals surface area contributed by atoms with E-state index in [-0.39, 0.29) is 24.5 Å². The molecule has 1 aromatic heterocycles. The molecule has 9 heteroatoms. The predicted molar refractivity (Wildman–Crippen MR) is 113 cm³/mol. The maximum atomic E-state index is 13.2. The molecule has 0 saturated carbocycles. The first-order chi connectivity index (χ1) is 14.9. The highest BCUT2D eigenvalue weighted by Gasteiger charge is 2.37. The minimum absolute atomic E-state index is 0.127. The van der Waals surface area contributed by atoms with Crippen LogP contribution in [-0.2, 0) is 25.9 Å². The molecular weight excluding hydrogens is 422 g/mol. The number of fused-ring (bicyclic) bond motifs is 1. The standard InChI is InChI=1S/C22H25NO7S/c24-14-16-12-20(25)21(26)22(30-16)29-11-10-15-13-23(19-9-5-4-8-18(15)19)31(27,28)17-6-2-1-3-7-17/h1-9,13,16,20-22,24-26H,10-12,14H2/t16-,20-,21+,22-/m0/s1. The zero-order valence-electron chi connectivity index (χ0n) is 16.7. The number of aromatic nitrogens is 1. The van der Waals surface area contributed by atoms with E-state index < -0.39 is 34.6 Å². The highest BCUT2D eigenvalue weighted by atomic mass is 32.2. The van der Waals surface area contributed by atoms with Crippen LogP contribution in [0.5, 0.6) is 0 Å². The van der Waals surface area contributed by atoms with E-state index in [1.165, 1.54) is 3.97 Å². The Morgan fingerprint density at radius 3 is 2.52 bits per heavy atom. The molecule has 1 aliphatic heterocycles. The van der Waals surface area contributed by atoms with Gasteiger partial charge in [0.05, 0.1) is 35.8 Å². The van der Waals surface area contributed by atoms with Crippen LogP contribution < -0.4 is 0 Å². The third-order valence-corrected chi connectivity index (χ3v) is 7.11. The molecule has 31 heavy (non-hydrogen) atoms. The Kier molecular flexibility index (Phi) is 6.42. The summed E-state index contributed by atoms with van der Waals surface area (Å²) in [6.07, 6.45) is -1.87. The maximum Gasteiger partial charge on any atom is 0.268 e. The van der Waals surface area contributed by atoms with Gasteiger partial charge >= 0.3 is 0 Å². The van der Waals surface area contributed by atoms with Crippen molar-refractivity contribution in [3.8, 4) is 0 Å². The van der Waals surface area contributed by atoms with Crippen molar-refractivity contribution in [3.63, 3.8) is 0 Å². The summed E-state index contributed by atoms with van der Waals surface area (Å²) in [6, 6.07) is 15.4. The van der Waals surface area contributed by atoms with Gasteiger partial charge in [-0.25, -0.2) is 12.4 Å². The number of ether oxygens (including phenoxy) is 2. The average Bonchev–Trinajstić information content (AvgIpc) is 3.16. The van der Waals surface area contributed by atoms with E-state index in [0.717, 1.165) is 10.9 Å². The van der Waals surface area contributed by atoms with Gasteiger partial charge in [0, 0.05) is 18.0 Å².